The highest BCUT2D eigenvalue weighted by molar-refractivity contribution is 5.78. The van der Waals surface area contributed by atoms with E-state index in [0.717, 1.165) is 31.5 Å². The van der Waals surface area contributed by atoms with Crippen molar-refractivity contribution in [2.24, 2.45) is 5.92 Å². The van der Waals surface area contributed by atoms with Crippen molar-refractivity contribution in [3.8, 4) is 0 Å². The lowest BCUT2D eigenvalue weighted by atomic mass is 9.82. The number of nitrogens with one attached hydrogen (secondary N) is 1. The first kappa shape index (κ1) is 15.4. The van der Waals surface area contributed by atoms with E-state index >= 15 is 0 Å². The number of nitrogens with zero attached hydrogens (tertiary/aromatic N) is 1. The molecular weight excluding hydrogens is 283 g/mol. The van der Waals surface area contributed by atoms with E-state index < -0.39 is 0 Å². The van der Waals surface area contributed by atoms with Gasteiger partial charge in [0.05, 0.1) is 12.1 Å². The van der Waals surface area contributed by atoms with Crippen LogP contribution < -0.4 is 5.32 Å². The summed E-state index contributed by atoms with van der Waals surface area (Å²) in [6, 6.07) is 6.44. The number of hydrogen-bond donors (Lipinski definition) is 1. The number of ether oxygens (including phenoxy) is 1. The first-order chi connectivity index (χ1) is 10.6. The molecule has 4 nitrogen and oxygen atoms in total. The van der Waals surface area contributed by atoms with Gasteiger partial charge < -0.3 is 15.0 Å². The van der Waals surface area contributed by atoms with Crippen molar-refractivity contribution in [2.45, 2.75) is 31.9 Å². The average molecular weight is 306 g/mol. The van der Waals surface area contributed by atoms with E-state index in [9.17, 15) is 9.18 Å². The molecule has 2 unspecified atom stereocenters. The number of amides is 1. The normalized spacial score (nSPS) is 29.6. The van der Waals surface area contributed by atoms with E-state index in [1.54, 1.807) is 11.0 Å². The lowest BCUT2D eigenvalue weighted by Gasteiger charge is -2.46. The molecule has 2 heterocycles. The predicted octanol–water partition coefficient (Wildman–Crippen LogP) is 1.94. The summed E-state index contributed by atoms with van der Waals surface area (Å²) in [6.45, 7) is 5.19. The second kappa shape index (κ2) is 6.34. The fourth-order valence-corrected chi connectivity index (χ4v) is 3.45. The molecule has 120 valence electrons. The molecule has 0 bridgehead atoms. The lowest BCUT2D eigenvalue weighted by molar-refractivity contribution is -0.172. The molecule has 1 aromatic rings. The van der Waals surface area contributed by atoms with Gasteiger partial charge in [0, 0.05) is 19.0 Å². The van der Waals surface area contributed by atoms with Gasteiger partial charge in [0.15, 0.2) is 0 Å². The minimum Gasteiger partial charge on any atom is -0.363 e. The smallest absolute Gasteiger partial charge is 0.248 e. The molecule has 1 amide bonds. The molecule has 2 aliphatic rings. The summed E-state index contributed by atoms with van der Waals surface area (Å²) in [5, 5.41) is 3.41. The van der Waals surface area contributed by atoms with Crippen LogP contribution in [0.3, 0.4) is 0 Å². The first-order valence-corrected chi connectivity index (χ1v) is 7.94. The third kappa shape index (κ3) is 3.31. The fraction of sp³-hybridized carbons (Fsp3) is 0.588. The Hall–Kier alpha value is -1.46. The summed E-state index contributed by atoms with van der Waals surface area (Å²) in [7, 11) is 0. The maximum Gasteiger partial charge on any atom is 0.248 e. The summed E-state index contributed by atoms with van der Waals surface area (Å²) >= 11 is 0. The van der Waals surface area contributed by atoms with E-state index in [4.69, 9.17) is 4.74 Å². The third-order valence-electron chi connectivity index (χ3n) is 4.81. The van der Waals surface area contributed by atoms with Gasteiger partial charge in [-0.15, -0.1) is 0 Å². The van der Waals surface area contributed by atoms with Gasteiger partial charge in [-0.2, -0.15) is 0 Å². The number of carbonyl (C=O) groups excluding carboxylic acids is 1. The molecule has 2 fully saturated rings. The van der Waals surface area contributed by atoms with Crippen LogP contribution in [0.4, 0.5) is 4.39 Å². The minimum atomic E-state index is -0.325. The molecule has 1 aromatic carbocycles. The summed E-state index contributed by atoms with van der Waals surface area (Å²) in [6.07, 6.45) is 2.26. The van der Waals surface area contributed by atoms with Gasteiger partial charge in [-0.05, 0) is 44.0 Å². The number of hydrogen-bond acceptors (Lipinski definition) is 3. The van der Waals surface area contributed by atoms with E-state index in [1.807, 2.05) is 6.07 Å². The Labute approximate surface area is 130 Å². The molecule has 2 aliphatic heterocycles. The van der Waals surface area contributed by atoms with Crippen LogP contribution in [-0.4, -0.2) is 42.6 Å². The van der Waals surface area contributed by atoms with Gasteiger partial charge in [-0.1, -0.05) is 12.1 Å². The standard InChI is InChI=1S/C17H23FN2O2/c1-17(14-5-3-7-19-9-14)12-20(16(21)11-22-17)10-13-4-2-6-15(18)8-13/h2,4,6,8,14,19H,3,5,7,9-12H2,1H3. The van der Waals surface area contributed by atoms with E-state index in [1.165, 1.54) is 12.1 Å². The van der Waals surface area contributed by atoms with Crippen LogP contribution in [0.5, 0.6) is 0 Å². The maximum atomic E-state index is 13.3. The Balaban J connectivity index is 1.71. The van der Waals surface area contributed by atoms with Crippen molar-refractivity contribution in [1.29, 1.82) is 0 Å². The second-order valence-corrected chi connectivity index (χ2v) is 6.52. The molecule has 1 N–H and O–H groups in total. The van der Waals surface area contributed by atoms with E-state index in [2.05, 4.69) is 12.2 Å². The largest absolute Gasteiger partial charge is 0.363 e. The van der Waals surface area contributed by atoms with Gasteiger partial charge in [0.2, 0.25) is 5.91 Å². The van der Waals surface area contributed by atoms with Crippen LogP contribution in [0.1, 0.15) is 25.3 Å². The molecular formula is C17H23FN2O2. The average Bonchev–Trinajstić information content (AvgIpc) is 2.52. The van der Waals surface area contributed by atoms with Crippen molar-refractivity contribution in [3.63, 3.8) is 0 Å². The Morgan fingerprint density at radius 2 is 2.36 bits per heavy atom. The SMILES string of the molecule is CC1(C2CCCNC2)CN(Cc2cccc(F)c2)C(=O)CO1. The third-order valence-corrected chi connectivity index (χ3v) is 4.81. The van der Waals surface area contributed by atoms with Crippen LogP contribution in [0, 0.1) is 11.7 Å². The molecule has 0 saturated carbocycles. The Bertz CT molecular complexity index is 545. The van der Waals surface area contributed by atoms with Gasteiger partial charge >= 0.3 is 0 Å². The summed E-state index contributed by atoms with van der Waals surface area (Å²) in [5.74, 6) is 0.118. The number of morpholine rings is 1. The highest BCUT2D eigenvalue weighted by Gasteiger charge is 2.42. The Kier molecular flexibility index (Phi) is 4.45. The van der Waals surface area contributed by atoms with Crippen molar-refractivity contribution in [3.05, 3.63) is 35.6 Å². The molecule has 3 rings (SSSR count). The zero-order valence-electron chi connectivity index (χ0n) is 13.0. The molecule has 2 atom stereocenters. The van der Waals surface area contributed by atoms with Crippen molar-refractivity contribution in [1.82, 2.24) is 10.2 Å². The van der Waals surface area contributed by atoms with E-state index in [0.29, 0.717) is 19.0 Å². The van der Waals surface area contributed by atoms with Crippen LogP contribution >= 0.6 is 0 Å². The quantitative estimate of drug-likeness (QED) is 0.928. The maximum absolute atomic E-state index is 13.3. The molecule has 0 aliphatic carbocycles. The summed E-state index contributed by atoms with van der Waals surface area (Å²) < 4.78 is 19.2. The first-order valence-electron chi connectivity index (χ1n) is 7.94. The summed E-state index contributed by atoms with van der Waals surface area (Å²) in [4.78, 5) is 13.9. The van der Waals surface area contributed by atoms with Crippen LogP contribution in [0.25, 0.3) is 0 Å². The highest BCUT2D eigenvalue weighted by atomic mass is 19.1. The van der Waals surface area contributed by atoms with Gasteiger partial charge in [0.1, 0.15) is 12.4 Å². The zero-order chi connectivity index (χ0) is 15.6. The number of benzene rings is 1. The molecule has 0 aromatic heterocycles. The van der Waals surface area contributed by atoms with Crippen LogP contribution in [0.15, 0.2) is 24.3 Å². The van der Waals surface area contributed by atoms with Crippen molar-refractivity contribution >= 4 is 5.91 Å². The van der Waals surface area contributed by atoms with Gasteiger partial charge in [-0.3, -0.25) is 4.79 Å². The minimum absolute atomic E-state index is 0.0227. The fourth-order valence-electron chi connectivity index (χ4n) is 3.45. The number of rotatable bonds is 3. The molecule has 22 heavy (non-hydrogen) atoms. The van der Waals surface area contributed by atoms with Gasteiger partial charge in [-0.25, -0.2) is 4.39 Å². The molecule has 0 spiro atoms. The predicted molar refractivity (Wildman–Crippen MR) is 81.8 cm³/mol. The number of halogens is 1. The topological polar surface area (TPSA) is 41.6 Å². The van der Waals surface area contributed by atoms with Crippen LogP contribution in [-0.2, 0) is 16.1 Å². The number of piperidine rings is 1. The Morgan fingerprint density at radius 1 is 1.50 bits per heavy atom. The van der Waals surface area contributed by atoms with Crippen molar-refractivity contribution < 1.29 is 13.9 Å². The van der Waals surface area contributed by atoms with Crippen LogP contribution in [0.2, 0.25) is 0 Å². The second-order valence-electron chi connectivity index (χ2n) is 6.52. The summed E-state index contributed by atoms with van der Waals surface area (Å²) in [5.41, 5.74) is 0.494. The molecule has 5 heteroatoms. The van der Waals surface area contributed by atoms with Crippen molar-refractivity contribution in [2.75, 3.05) is 26.2 Å². The Morgan fingerprint density at radius 3 is 3.09 bits per heavy atom. The molecule has 0 radical (unpaired) electrons. The zero-order valence-corrected chi connectivity index (χ0v) is 13.0. The molecule has 2 saturated heterocycles. The van der Waals surface area contributed by atoms with Gasteiger partial charge in [0.25, 0.3) is 0 Å². The lowest BCUT2D eigenvalue weighted by Crippen LogP contribution is -2.58. The number of carbonyl (C=O) groups is 1. The highest BCUT2D eigenvalue weighted by Crippen LogP contribution is 2.31. The monoisotopic (exact) mass is 306 g/mol. The van der Waals surface area contributed by atoms with E-state index in [-0.39, 0.29) is 23.9 Å².